The molecule has 0 saturated heterocycles. The molecule has 0 fully saturated rings. The van der Waals surface area contributed by atoms with E-state index in [1.165, 1.54) is 16.1 Å². The summed E-state index contributed by atoms with van der Waals surface area (Å²) < 4.78 is 14.2. The van der Waals surface area contributed by atoms with Crippen molar-refractivity contribution >= 4 is 39.3 Å². The van der Waals surface area contributed by atoms with Gasteiger partial charge in [-0.2, -0.15) is 5.26 Å². The Morgan fingerprint density at radius 1 is 1.26 bits per heavy atom. The summed E-state index contributed by atoms with van der Waals surface area (Å²) in [4.78, 5) is 26.9. The Bertz CT molecular complexity index is 1040. The highest BCUT2D eigenvalue weighted by molar-refractivity contribution is 9.10. The van der Waals surface area contributed by atoms with Crippen LogP contribution in [0.1, 0.15) is 59.0 Å². The lowest BCUT2D eigenvalue weighted by molar-refractivity contribution is -0.0188. The third-order valence-electron chi connectivity index (χ3n) is 5.10. The lowest BCUT2D eigenvalue weighted by Crippen LogP contribution is -2.53. The molecule has 0 N–H and O–H groups in total. The molecular weight excluding hydrogens is 485 g/mol. The third kappa shape index (κ3) is 5.25. The van der Waals surface area contributed by atoms with Crippen LogP contribution in [-0.4, -0.2) is 34.4 Å². The van der Waals surface area contributed by atoms with Crippen molar-refractivity contribution in [1.29, 1.82) is 5.26 Å². The summed E-state index contributed by atoms with van der Waals surface area (Å²) in [6.45, 7) is 7.38. The summed E-state index contributed by atoms with van der Waals surface area (Å²) in [5.41, 5.74) is 1.71. The van der Waals surface area contributed by atoms with Crippen molar-refractivity contribution in [3.8, 4) is 6.07 Å². The van der Waals surface area contributed by atoms with Crippen LogP contribution in [-0.2, 0) is 6.42 Å². The SMILES string of the molecule is CCC(C)N(C(=O)c1cccc(CC#N)c1)N(CC)C(=O)c1cc(Cl)c(F)c(Br)c1C. The smallest absolute Gasteiger partial charge is 0.267 e. The van der Waals surface area contributed by atoms with Gasteiger partial charge in [-0.3, -0.25) is 9.59 Å². The Balaban J connectivity index is 2.54. The second-order valence-corrected chi connectivity index (χ2v) is 8.32. The summed E-state index contributed by atoms with van der Waals surface area (Å²) >= 11 is 9.13. The number of halogens is 3. The number of nitriles is 1. The molecule has 1 unspecified atom stereocenters. The van der Waals surface area contributed by atoms with E-state index < -0.39 is 11.7 Å². The van der Waals surface area contributed by atoms with Gasteiger partial charge in [-0.25, -0.2) is 14.4 Å². The molecule has 5 nitrogen and oxygen atoms in total. The predicted molar refractivity (Wildman–Crippen MR) is 122 cm³/mol. The molecule has 2 amide bonds. The van der Waals surface area contributed by atoms with Gasteiger partial charge in [-0.1, -0.05) is 30.7 Å². The largest absolute Gasteiger partial charge is 0.272 e. The Labute approximate surface area is 195 Å². The van der Waals surface area contributed by atoms with Gasteiger partial charge in [0, 0.05) is 17.7 Å². The fourth-order valence-corrected chi connectivity index (χ4v) is 3.94. The Hall–Kier alpha value is -2.43. The molecule has 8 heteroatoms. The molecule has 0 saturated carbocycles. The van der Waals surface area contributed by atoms with Gasteiger partial charge < -0.3 is 0 Å². The maximum Gasteiger partial charge on any atom is 0.272 e. The molecule has 164 valence electrons. The Morgan fingerprint density at radius 2 is 1.94 bits per heavy atom. The minimum atomic E-state index is -0.636. The van der Waals surface area contributed by atoms with Crippen LogP contribution < -0.4 is 0 Å². The van der Waals surface area contributed by atoms with Gasteiger partial charge >= 0.3 is 0 Å². The van der Waals surface area contributed by atoms with Crippen molar-refractivity contribution in [2.75, 3.05) is 6.54 Å². The fraction of sp³-hybridized carbons (Fsp3) is 0.348. The molecule has 2 aromatic rings. The van der Waals surface area contributed by atoms with E-state index in [1.54, 1.807) is 38.1 Å². The summed E-state index contributed by atoms with van der Waals surface area (Å²) in [5, 5.41) is 11.6. The van der Waals surface area contributed by atoms with E-state index in [1.807, 2.05) is 13.8 Å². The van der Waals surface area contributed by atoms with Crippen LogP contribution in [0.3, 0.4) is 0 Å². The zero-order chi connectivity index (χ0) is 23.3. The molecule has 0 aliphatic rings. The summed E-state index contributed by atoms with van der Waals surface area (Å²) in [5.74, 6) is -1.44. The zero-order valence-electron chi connectivity index (χ0n) is 17.9. The fourth-order valence-electron chi connectivity index (χ4n) is 3.20. The minimum Gasteiger partial charge on any atom is -0.267 e. The van der Waals surface area contributed by atoms with Gasteiger partial charge in [0.2, 0.25) is 0 Å². The molecule has 2 aromatic carbocycles. The van der Waals surface area contributed by atoms with Crippen molar-refractivity contribution in [3.05, 3.63) is 67.9 Å². The minimum absolute atomic E-state index is 0.116. The summed E-state index contributed by atoms with van der Waals surface area (Å²) in [6, 6.07) is 9.89. The highest BCUT2D eigenvalue weighted by Gasteiger charge is 2.32. The van der Waals surface area contributed by atoms with Crippen LogP contribution in [0.4, 0.5) is 4.39 Å². The number of carbonyl (C=O) groups excluding carboxylic acids is 2. The second-order valence-electron chi connectivity index (χ2n) is 7.12. The molecule has 1 atom stereocenters. The highest BCUT2D eigenvalue weighted by Crippen LogP contribution is 2.31. The van der Waals surface area contributed by atoms with E-state index in [9.17, 15) is 14.0 Å². The van der Waals surface area contributed by atoms with Crippen LogP contribution in [0.25, 0.3) is 0 Å². The second kappa shape index (κ2) is 10.7. The maximum absolute atomic E-state index is 14.1. The number of hydrogen-bond acceptors (Lipinski definition) is 3. The molecule has 0 bridgehead atoms. The van der Waals surface area contributed by atoms with Crippen molar-refractivity contribution < 1.29 is 14.0 Å². The van der Waals surface area contributed by atoms with Gasteiger partial charge in [-0.15, -0.1) is 0 Å². The van der Waals surface area contributed by atoms with Gasteiger partial charge in [-0.05, 0) is 72.4 Å². The van der Waals surface area contributed by atoms with E-state index in [-0.39, 0.29) is 40.0 Å². The molecule has 0 aliphatic heterocycles. The van der Waals surface area contributed by atoms with Crippen LogP contribution in [0.2, 0.25) is 5.02 Å². The van der Waals surface area contributed by atoms with Crippen molar-refractivity contribution in [2.45, 2.75) is 46.6 Å². The number of hydrazine groups is 1. The molecule has 2 rings (SSSR count). The normalized spacial score (nSPS) is 11.5. The summed E-state index contributed by atoms with van der Waals surface area (Å²) in [6.07, 6.45) is 0.794. The first-order chi connectivity index (χ1) is 14.7. The first kappa shape index (κ1) is 24.8. The van der Waals surface area contributed by atoms with E-state index in [2.05, 4.69) is 22.0 Å². The van der Waals surface area contributed by atoms with Crippen molar-refractivity contribution in [2.24, 2.45) is 0 Å². The van der Waals surface area contributed by atoms with E-state index in [0.717, 1.165) is 5.56 Å². The Morgan fingerprint density at radius 3 is 2.52 bits per heavy atom. The van der Waals surface area contributed by atoms with Gasteiger partial charge in [0.15, 0.2) is 5.82 Å². The van der Waals surface area contributed by atoms with Gasteiger partial charge in [0.25, 0.3) is 11.8 Å². The predicted octanol–water partition coefficient (Wildman–Crippen LogP) is 5.93. The number of rotatable bonds is 6. The first-order valence-electron chi connectivity index (χ1n) is 9.93. The first-order valence-corrected chi connectivity index (χ1v) is 11.1. The number of hydrogen-bond donors (Lipinski definition) is 0. The van der Waals surface area contributed by atoms with Crippen LogP contribution in [0, 0.1) is 24.1 Å². The average Bonchev–Trinajstić information content (AvgIpc) is 2.77. The number of carbonyl (C=O) groups is 2. The van der Waals surface area contributed by atoms with E-state index in [4.69, 9.17) is 16.9 Å². The maximum atomic E-state index is 14.1. The average molecular weight is 509 g/mol. The quantitative estimate of drug-likeness (QED) is 0.359. The van der Waals surface area contributed by atoms with Gasteiger partial charge in [0.1, 0.15) is 0 Å². The van der Waals surface area contributed by atoms with E-state index >= 15 is 0 Å². The van der Waals surface area contributed by atoms with Crippen LogP contribution in [0.5, 0.6) is 0 Å². The molecule has 0 heterocycles. The number of benzene rings is 2. The number of amides is 2. The van der Waals surface area contributed by atoms with Crippen LogP contribution >= 0.6 is 27.5 Å². The lowest BCUT2D eigenvalue weighted by atomic mass is 10.1. The Kier molecular flexibility index (Phi) is 8.60. The standard InChI is InChI=1S/C23H24BrClFN3O2/c1-5-14(3)29(22(30)17-9-7-8-16(12-17)10-11-27)28(6-2)23(31)18-13-19(25)21(26)20(24)15(18)4/h7-9,12-14H,5-6,10H2,1-4H3. The third-order valence-corrected chi connectivity index (χ3v) is 6.32. The van der Waals surface area contributed by atoms with Gasteiger partial charge in [0.05, 0.1) is 28.0 Å². The molecule has 0 aliphatic carbocycles. The van der Waals surface area contributed by atoms with Crippen molar-refractivity contribution in [1.82, 2.24) is 10.0 Å². The molecule has 0 radical (unpaired) electrons. The lowest BCUT2D eigenvalue weighted by Gasteiger charge is -2.38. The van der Waals surface area contributed by atoms with Crippen LogP contribution in [0.15, 0.2) is 34.8 Å². The molecule has 0 spiro atoms. The topological polar surface area (TPSA) is 64.4 Å². The van der Waals surface area contributed by atoms with E-state index in [0.29, 0.717) is 17.5 Å². The molecule has 0 aromatic heterocycles. The molecule has 31 heavy (non-hydrogen) atoms. The summed E-state index contributed by atoms with van der Waals surface area (Å²) in [7, 11) is 0. The van der Waals surface area contributed by atoms with Crippen molar-refractivity contribution in [3.63, 3.8) is 0 Å². The number of nitrogens with zero attached hydrogens (tertiary/aromatic N) is 3. The zero-order valence-corrected chi connectivity index (χ0v) is 20.2. The highest BCUT2D eigenvalue weighted by atomic mass is 79.9. The molecular formula is C23H24BrClFN3O2. The monoisotopic (exact) mass is 507 g/mol.